The molecule has 1 fully saturated rings. The van der Waals surface area contributed by atoms with Crippen molar-refractivity contribution in [1.29, 1.82) is 0 Å². The zero-order chi connectivity index (χ0) is 30.8. The summed E-state index contributed by atoms with van der Waals surface area (Å²) in [5.74, 6) is -0.126. The number of methoxy groups -OCH3 is 1. The fraction of sp³-hybridized carbons (Fsp3) is 0.424. The number of hydrogen-bond donors (Lipinski definition) is 0. The number of hydrogen-bond acceptors (Lipinski definition) is 7. The number of benzene rings is 3. The minimum Gasteiger partial charge on any atom is -0.492 e. The van der Waals surface area contributed by atoms with Crippen LogP contribution in [0.1, 0.15) is 43.1 Å². The Hall–Kier alpha value is -3.47. The van der Waals surface area contributed by atoms with Gasteiger partial charge >= 0.3 is 5.97 Å². The summed E-state index contributed by atoms with van der Waals surface area (Å²) in [4.78, 5) is 12.8. The second-order valence-corrected chi connectivity index (χ2v) is 13.7. The van der Waals surface area contributed by atoms with E-state index in [-0.39, 0.29) is 43.5 Å². The first kappa shape index (κ1) is 31.0. The van der Waals surface area contributed by atoms with Crippen molar-refractivity contribution in [2.24, 2.45) is 11.8 Å². The Balaban J connectivity index is 1.33. The zero-order valence-corrected chi connectivity index (χ0v) is 25.7. The molecule has 0 aromatic heterocycles. The van der Waals surface area contributed by atoms with Gasteiger partial charge in [0.2, 0.25) is 10.0 Å². The first-order valence-corrected chi connectivity index (χ1v) is 16.2. The third-order valence-corrected chi connectivity index (χ3v) is 9.58. The van der Waals surface area contributed by atoms with Gasteiger partial charge in [0.05, 0.1) is 31.5 Å². The molecule has 0 spiro atoms. The Morgan fingerprint density at radius 3 is 2.44 bits per heavy atom. The second kappa shape index (κ2) is 12.6. The van der Waals surface area contributed by atoms with E-state index in [0.717, 1.165) is 16.7 Å². The van der Waals surface area contributed by atoms with Gasteiger partial charge in [0.15, 0.2) is 0 Å². The van der Waals surface area contributed by atoms with Crippen molar-refractivity contribution in [2.45, 2.75) is 51.0 Å². The van der Waals surface area contributed by atoms with Crippen molar-refractivity contribution < 1.29 is 36.6 Å². The molecule has 0 N–H and O–H groups in total. The molecule has 4 atom stereocenters. The molecule has 3 aromatic rings. The minimum absolute atomic E-state index is 0.123. The van der Waals surface area contributed by atoms with Crippen LogP contribution in [0.5, 0.6) is 11.5 Å². The fourth-order valence-corrected chi connectivity index (χ4v) is 6.80. The Kier molecular flexibility index (Phi) is 9.10. The van der Waals surface area contributed by atoms with Gasteiger partial charge < -0.3 is 18.9 Å². The predicted octanol–water partition coefficient (Wildman–Crippen LogP) is 5.32. The monoisotopic (exact) mass is 611 g/mol. The van der Waals surface area contributed by atoms with E-state index in [1.165, 1.54) is 29.8 Å². The largest absolute Gasteiger partial charge is 0.492 e. The quantitative estimate of drug-likeness (QED) is 0.287. The second-order valence-electron chi connectivity index (χ2n) is 11.7. The van der Waals surface area contributed by atoms with Crippen LogP contribution in [0.25, 0.3) is 0 Å². The first-order valence-electron chi connectivity index (χ1n) is 14.4. The van der Waals surface area contributed by atoms with Crippen molar-refractivity contribution in [2.75, 3.05) is 26.5 Å². The zero-order valence-electron chi connectivity index (χ0n) is 24.9. The van der Waals surface area contributed by atoms with Crippen LogP contribution in [0, 0.1) is 17.7 Å². The van der Waals surface area contributed by atoms with E-state index < -0.39 is 27.6 Å². The van der Waals surface area contributed by atoms with Crippen molar-refractivity contribution in [3.8, 4) is 11.5 Å². The number of carbonyl (C=O) groups excluding carboxylic acids is 1. The molecule has 0 saturated carbocycles. The summed E-state index contributed by atoms with van der Waals surface area (Å²) in [6, 6.07) is 21.2. The lowest BCUT2D eigenvalue weighted by Gasteiger charge is -2.50. The van der Waals surface area contributed by atoms with Crippen LogP contribution in [0.4, 0.5) is 4.39 Å². The number of halogens is 1. The lowest BCUT2D eigenvalue weighted by Crippen LogP contribution is -2.53. The molecule has 43 heavy (non-hydrogen) atoms. The van der Waals surface area contributed by atoms with Gasteiger partial charge in [-0.3, -0.25) is 4.79 Å². The number of rotatable bonds is 10. The van der Waals surface area contributed by atoms with Gasteiger partial charge in [-0.25, -0.2) is 12.8 Å². The summed E-state index contributed by atoms with van der Waals surface area (Å²) in [6.07, 6.45) is 1.32. The summed E-state index contributed by atoms with van der Waals surface area (Å²) in [5.41, 5.74) is 1.95. The maximum Gasteiger partial charge on any atom is 0.311 e. The predicted molar refractivity (Wildman–Crippen MR) is 160 cm³/mol. The van der Waals surface area contributed by atoms with Crippen LogP contribution >= 0.6 is 0 Å². The Morgan fingerprint density at radius 2 is 1.77 bits per heavy atom. The maximum atomic E-state index is 13.5. The summed E-state index contributed by atoms with van der Waals surface area (Å²) < 4.78 is 64.0. The highest BCUT2D eigenvalue weighted by Gasteiger charge is 2.52. The molecule has 230 valence electrons. The van der Waals surface area contributed by atoms with Gasteiger partial charge in [-0.15, -0.1) is 0 Å². The first-order chi connectivity index (χ1) is 20.4. The molecule has 10 heteroatoms. The molecule has 1 saturated heterocycles. The van der Waals surface area contributed by atoms with E-state index in [4.69, 9.17) is 18.9 Å². The van der Waals surface area contributed by atoms with Crippen molar-refractivity contribution in [3.63, 3.8) is 0 Å². The van der Waals surface area contributed by atoms with E-state index in [9.17, 15) is 17.6 Å². The standard InChI is InChI=1S/C33H38FNO7S/c1-33(2)28-20-27(32(36)39-3)29(18-22-10-12-24(34)13-11-22)41-31(28)26-15-14-25(19-30(26)42-33)40-17-16-35(43(4,37)38)21-23-8-6-5-7-9-23/h5-15,19,27-29,31H,16-18,20-21H2,1-4H3/t27-,28-,29-,31+/m1/s1. The number of carbonyl (C=O) groups is 1. The summed E-state index contributed by atoms with van der Waals surface area (Å²) in [5, 5.41) is 0. The summed E-state index contributed by atoms with van der Waals surface area (Å²) >= 11 is 0. The van der Waals surface area contributed by atoms with E-state index in [2.05, 4.69) is 0 Å². The number of ether oxygens (including phenoxy) is 4. The molecule has 0 unspecified atom stereocenters. The minimum atomic E-state index is -3.44. The lowest BCUT2D eigenvalue weighted by atomic mass is 9.71. The molecule has 0 radical (unpaired) electrons. The van der Waals surface area contributed by atoms with Crippen LogP contribution in [-0.2, 0) is 37.3 Å². The Morgan fingerprint density at radius 1 is 1.05 bits per heavy atom. The third-order valence-electron chi connectivity index (χ3n) is 8.34. The molecule has 0 aliphatic carbocycles. The highest BCUT2D eigenvalue weighted by Crippen LogP contribution is 2.53. The molecule has 2 aliphatic rings. The molecular formula is C33H38FNO7S. The van der Waals surface area contributed by atoms with Gasteiger partial charge in [-0.1, -0.05) is 42.5 Å². The topological polar surface area (TPSA) is 91.4 Å². The van der Waals surface area contributed by atoms with Crippen LogP contribution in [0.3, 0.4) is 0 Å². The van der Waals surface area contributed by atoms with E-state index in [1.807, 2.05) is 56.3 Å². The van der Waals surface area contributed by atoms with Crippen LogP contribution in [-0.4, -0.2) is 56.9 Å². The maximum absolute atomic E-state index is 13.5. The fourth-order valence-electron chi connectivity index (χ4n) is 6.01. The normalized spacial score (nSPS) is 22.7. The molecular weight excluding hydrogens is 573 g/mol. The van der Waals surface area contributed by atoms with Crippen LogP contribution in [0.2, 0.25) is 0 Å². The number of fused-ring (bicyclic) bond motifs is 3. The van der Waals surface area contributed by atoms with E-state index in [1.54, 1.807) is 18.2 Å². The molecule has 3 aromatic carbocycles. The summed E-state index contributed by atoms with van der Waals surface area (Å²) in [7, 11) is -2.07. The van der Waals surface area contributed by atoms with Crippen molar-refractivity contribution >= 4 is 16.0 Å². The summed E-state index contributed by atoms with van der Waals surface area (Å²) in [6.45, 7) is 4.56. The number of esters is 1. The highest BCUT2D eigenvalue weighted by molar-refractivity contribution is 7.88. The van der Waals surface area contributed by atoms with Gasteiger partial charge in [0, 0.05) is 30.6 Å². The molecule has 0 amide bonds. The van der Waals surface area contributed by atoms with Crippen LogP contribution in [0.15, 0.2) is 72.8 Å². The molecule has 2 heterocycles. The van der Waals surface area contributed by atoms with Crippen LogP contribution < -0.4 is 9.47 Å². The van der Waals surface area contributed by atoms with E-state index in [0.29, 0.717) is 24.3 Å². The van der Waals surface area contributed by atoms with E-state index >= 15 is 0 Å². The van der Waals surface area contributed by atoms with Gasteiger partial charge in [-0.2, -0.15) is 4.31 Å². The third kappa shape index (κ3) is 7.20. The van der Waals surface area contributed by atoms with Gasteiger partial charge in [-0.05, 0) is 62.1 Å². The lowest BCUT2D eigenvalue weighted by molar-refractivity contribution is -0.189. The number of sulfonamides is 1. The highest BCUT2D eigenvalue weighted by atomic mass is 32.2. The Labute approximate surface area is 252 Å². The van der Waals surface area contributed by atoms with Crippen molar-refractivity contribution in [3.05, 3.63) is 95.3 Å². The SMILES string of the molecule is COC(=O)[C@@H]1C[C@@H]2[C@@H](O[C@@H]1Cc1ccc(F)cc1)c1ccc(OCCN(Cc3ccccc3)S(C)(=O)=O)cc1OC2(C)C. The average Bonchev–Trinajstić information content (AvgIpc) is 2.97. The smallest absolute Gasteiger partial charge is 0.311 e. The molecule has 8 nitrogen and oxygen atoms in total. The average molecular weight is 612 g/mol. The van der Waals surface area contributed by atoms with Crippen molar-refractivity contribution in [1.82, 2.24) is 4.31 Å². The van der Waals surface area contributed by atoms with Gasteiger partial charge in [0.1, 0.15) is 29.5 Å². The molecule has 0 bridgehead atoms. The Bertz CT molecular complexity index is 1530. The van der Waals surface area contributed by atoms with Gasteiger partial charge in [0.25, 0.3) is 0 Å². The number of nitrogens with zero attached hydrogens (tertiary/aromatic N) is 1. The molecule has 2 aliphatic heterocycles. The molecule has 5 rings (SSSR count).